The zero-order valence-corrected chi connectivity index (χ0v) is 44.3. The molecule has 12 nitrogen and oxygen atoms in total. The van der Waals surface area contributed by atoms with Gasteiger partial charge in [-0.3, -0.25) is 29.9 Å². The zero-order valence-electron chi connectivity index (χ0n) is 39.5. The Balaban J connectivity index is 0.816. The first kappa shape index (κ1) is 51.2. The van der Waals surface area contributed by atoms with Gasteiger partial charge in [0, 0.05) is 56.5 Å². The van der Waals surface area contributed by atoms with Gasteiger partial charge in [0.15, 0.2) is 0 Å². The van der Waals surface area contributed by atoms with E-state index in [4.69, 9.17) is 28.4 Å². The molecule has 0 radical (unpaired) electrons. The summed E-state index contributed by atoms with van der Waals surface area (Å²) < 4.78 is 39.5. The van der Waals surface area contributed by atoms with Crippen LogP contribution in [0.3, 0.4) is 0 Å². The van der Waals surface area contributed by atoms with E-state index >= 15 is 0 Å². The minimum atomic E-state index is -0.186. The molecule has 0 fully saturated rings. The lowest BCUT2D eigenvalue weighted by molar-refractivity contribution is 0.0887. The minimum absolute atomic E-state index is 0.186. The summed E-state index contributed by atoms with van der Waals surface area (Å²) in [4.78, 5) is 27.0. The van der Waals surface area contributed by atoms with Crippen LogP contribution in [0.4, 0.5) is 0 Å². The van der Waals surface area contributed by atoms with Crippen LogP contribution in [0, 0.1) is 0 Å². The van der Waals surface area contributed by atoms with Crippen LogP contribution in [0.2, 0.25) is 0 Å². The molecule has 0 bridgehead atoms. The van der Waals surface area contributed by atoms with E-state index in [0.29, 0.717) is 59.5 Å². The highest BCUT2D eigenvalue weighted by Gasteiger charge is 2.20. The van der Waals surface area contributed by atoms with E-state index in [1.165, 1.54) is 0 Å². The van der Waals surface area contributed by atoms with Gasteiger partial charge < -0.3 is 28.4 Å². The highest BCUT2D eigenvalue weighted by atomic mass is 79.9. The molecular weight excluding hydrogens is 1120 g/mol. The van der Waals surface area contributed by atoms with Crippen LogP contribution in [0.1, 0.15) is 39.3 Å². The van der Waals surface area contributed by atoms with Crippen molar-refractivity contribution in [2.24, 2.45) is 0 Å². The number of aromatic nitrogens is 6. The van der Waals surface area contributed by atoms with Gasteiger partial charge in [-0.05, 0) is 172 Å². The number of rotatable bonds is 24. The van der Waals surface area contributed by atoms with E-state index in [-0.39, 0.29) is 5.92 Å². The van der Waals surface area contributed by atoms with Gasteiger partial charge in [0.25, 0.3) is 0 Å². The van der Waals surface area contributed by atoms with E-state index < -0.39 is 0 Å². The molecule has 9 aromatic rings. The summed E-state index contributed by atoms with van der Waals surface area (Å²) in [5.74, 6) is 2.02. The summed E-state index contributed by atoms with van der Waals surface area (Å²) in [7, 11) is 0. The topological polar surface area (TPSA) is 133 Å². The molecule has 0 aliphatic carbocycles. The third-order valence-corrected chi connectivity index (χ3v) is 12.7. The minimum Gasteiger partial charge on any atom is -0.491 e. The largest absolute Gasteiger partial charge is 0.491 e. The van der Waals surface area contributed by atoms with Gasteiger partial charge in [0.2, 0.25) is 0 Å². The SMILES string of the molecule is Brc1ccc(-c2ccc(COCCOc3cccc(C(c4cccc(OCCOCc5ccc(-c6ccc(Br)cn6)nc5)c4)c4cccc(OCCOCc5ccc(-c6ccc(Br)cn6)nc5)c4)c3)cn2)nc1. The van der Waals surface area contributed by atoms with Crippen molar-refractivity contribution in [2.75, 3.05) is 39.6 Å². The average Bonchev–Trinajstić information content (AvgIpc) is 3.42. The molecule has 0 aliphatic heterocycles. The van der Waals surface area contributed by atoms with Crippen molar-refractivity contribution in [1.82, 2.24) is 29.9 Å². The Hall–Kier alpha value is -6.72. The van der Waals surface area contributed by atoms with Crippen LogP contribution in [-0.2, 0) is 34.0 Å². The lowest BCUT2D eigenvalue weighted by atomic mass is 9.85. The van der Waals surface area contributed by atoms with Gasteiger partial charge in [0.1, 0.15) is 37.1 Å². The standard InChI is InChI=1S/C58H49Br3N6O6/c59-46-13-19-55(65-34-46)52-16-10-40(31-62-52)37-68-22-25-71-49-7-1-4-43(28-49)58(44-5-2-8-50(29-44)72-26-23-69-38-41-11-17-53(63-32-41)56-20-14-47(60)35-66-56)45-6-3-9-51(30-45)73-27-24-70-39-42-12-18-54(64-33-42)57-21-15-48(61)36-67-57/h1-21,28-36,58H,22-27,37-39H2. The fourth-order valence-corrected chi connectivity index (χ4v) is 8.42. The smallest absolute Gasteiger partial charge is 0.119 e. The summed E-state index contributed by atoms with van der Waals surface area (Å²) in [6.07, 6.45) is 10.7. The molecule has 368 valence electrons. The number of nitrogens with zero attached hydrogens (tertiary/aromatic N) is 6. The first-order valence-corrected chi connectivity index (χ1v) is 25.9. The van der Waals surface area contributed by atoms with Crippen LogP contribution >= 0.6 is 47.8 Å². The molecule has 0 amide bonds. The fraction of sp³-hybridized carbons (Fsp3) is 0.172. The lowest BCUT2D eigenvalue weighted by Crippen LogP contribution is -2.10. The molecule has 0 spiro atoms. The second-order valence-electron chi connectivity index (χ2n) is 16.6. The highest BCUT2D eigenvalue weighted by molar-refractivity contribution is 9.11. The second-order valence-corrected chi connectivity index (χ2v) is 19.3. The normalized spacial score (nSPS) is 11.2. The third kappa shape index (κ3) is 15.2. The number of benzene rings is 3. The van der Waals surface area contributed by atoms with Gasteiger partial charge in [-0.15, -0.1) is 0 Å². The monoisotopic (exact) mass is 1160 g/mol. The molecular formula is C58H49Br3N6O6. The molecule has 15 heteroatoms. The molecule has 0 aliphatic rings. The summed E-state index contributed by atoms with van der Waals surface area (Å²) >= 11 is 10.3. The van der Waals surface area contributed by atoms with Crippen molar-refractivity contribution in [3.05, 3.63) is 230 Å². The van der Waals surface area contributed by atoms with Crippen molar-refractivity contribution < 1.29 is 28.4 Å². The molecule has 0 N–H and O–H groups in total. The molecule has 9 rings (SSSR count). The van der Waals surface area contributed by atoms with Gasteiger partial charge in [-0.1, -0.05) is 54.6 Å². The maximum absolute atomic E-state index is 6.27. The maximum Gasteiger partial charge on any atom is 0.119 e. The van der Waals surface area contributed by atoms with Gasteiger partial charge in [-0.2, -0.15) is 0 Å². The Morgan fingerprint density at radius 3 is 0.863 bits per heavy atom. The summed E-state index contributed by atoms with van der Waals surface area (Å²) in [6.45, 7) is 3.55. The molecule has 6 heterocycles. The molecule has 6 aromatic heterocycles. The average molecular weight is 1170 g/mol. The Kier molecular flexibility index (Phi) is 18.4. The van der Waals surface area contributed by atoms with E-state index in [1.807, 2.05) is 128 Å². The van der Waals surface area contributed by atoms with E-state index in [0.717, 1.165) is 98.2 Å². The molecule has 0 saturated heterocycles. The summed E-state index contributed by atoms with van der Waals surface area (Å²) in [5.41, 5.74) is 10.9. The summed E-state index contributed by atoms with van der Waals surface area (Å²) in [5, 5.41) is 0. The van der Waals surface area contributed by atoms with Crippen molar-refractivity contribution in [3.8, 4) is 51.4 Å². The number of hydrogen-bond acceptors (Lipinski definition) is 12. The Morgan fingerprint density at radius 2 is 0.603 bits per heavy atom. The number of hydrogen-bond donors (Lipinski definition) is 0. The van der Waals surface area contributed by atoms with Crippen molar-refractivity contribution >= 4 is 47.8 Å². The van der Waals surface area contributed by atoms with Crippen LogP contribution in [0.25, 0.3) is 34.2 Å². The Labute approximate surface area is 449 Å². The van der Waals surface area contributed by atoms with Crippen LogP contribution < -0.4 is 14.2 Å². The molecule has 0 saturated carbocycles. The molecule has 0 unspecified atom stereocenters. The number of pyridine rings is 6. The van der Waals surface area contributed by atoms with E-state index in [9.17, 15) is 0 Å². The first-order chi connectivity index (χ1) is 35.9. The summed E-state index contributed by atoms with van der Waals surface area (Å²) in [6, 6.07) is 48.1. The number of ether oxygens (including phenoxy) is 6. The van der Waals surface area contributed by atoms with Crippen LogP contribution in [0.15, 0.2) is 196 Å². The second kappa shape index (κ2) is 26.3. The first-order valence-electron chi connectivity index (χ1n) is 23.5. The van der Waals surface area contributed by atoms with Crippen molar-refractivity contribution in [2.45, 2.75) is 25.7 Å². The third-order valence-electron chi connectivity index (χ3n) is 11.3. The number of halogens is 3. The predicted molar refractivity (Wildman–Crippen MR) is 291 cm³/mol. The molecule has 0 atom stereocenters. The molecule has 3 aromatic carbocycles. The van der Waals surface area contributed by atoms with Gasteiger partial charge >= 0.3 is 0 Å². The van der Waals surface area contributed by atoms with Gasteiger partial charge in [-0.25, -0.2) is 0 Å². The maximum atomic E-state index is 6.27. The van der Waals surface area contributed by atoms with Crippen LogP contribution in [0.5, 0.6) is 17.2 Å². The fourth-order valence-electron chi connectivity index (χ4n) is 7.72. The Morgan fingerprint density at radius 1 is 0.315 bits per heavy atom. The predicted octanol–water partition coefficient (Wildman–Crippen LogP) is 13.3. The zero-order chi connectivity index (χ0) is 50.0. The van der Waals surface area contributed by atoms with E-state index in [1.54, 1.807) is 18.6 Å². The highest BCUT2D eigenvalue weighted by Crippen LogP contribution is 2.36. The van der Waals surface area contributed by atoms with E-state index in [2.05, 4.69) is 114 Å². The quantitative estimate of drug-likeness (QED) is 0.0421. The van der Waals surface area contributed by atoms with Crippen molar-refractivity contribution in [3.63, 3.8) is 0 Å². The lowest BCUT2D eigenvalue weighted by Gasteiger charge is -2.21. The van der Waals surface area contributed by atoms with Crippen LogP contribution in [-0.4, -0.2) is 69.5 Å². The van der Waals surface area contributed by atoms with Crippen molar-refractivity contribution in [1.29, 1.82) is 0 Å². The molecule has 73 heavy (non-hydrogen) atoms. The van der Waals surface area contributed by atoms with Gasteiger partial charge in [0.05, 0.1) is 73.8 Å². The Bertz CT molecular complexity index is 2800.